The summed E-state index contributed by atoms with van der Waals surface area (Å²) in [5, 5.41) is 2.88. The first-order valence-electron chi connectivity index (χ1n) is 10.3. The minimum atomic E-state index is -4.89. The van der Waals surface area contributed by atoms with Gasteiger partial charge in [0.25, 0.3) is 5.91 Å². The van der Waals surface area contributed by atoms with Crippen molar-refractivity contribution in [2.75, 3.05) is 24.7 Å². The van der Waals surface area contributed by atoms with E-state index in [0.717, 1.165) is 37.8 Å². The third-order valence-electron chi connectivity index (χ3n) is 5.65. The predicted molar refractivity (Wildman–Crippen MR) is 107 cm³/mol. The van der Waals surface area contributed by atoms with E-state index in [4.69, 9.17) is 4.74 Å². The van der Waals surface area contributed by atoms with Gasteiger partial charge in [-0.3, -0.25) is 4.79 Å². The molecule has 1 aliphatic carbocycles. The summed E-state index contributed by atoms with van der Waals surface area (Å²) in [7, 11) is 0. The number of hydrogen-bond donors (Lipinski definition) is 1. The van der Waals surface area contributed by atoms with Crippen molar-refractivity contribution in [3.8, 4) is 0 Å². The Hall–Kier alpha value is -2.68. The molecular weight excluding hydrogens is 414 g/mol. The quantitative estimate of drug-likeness (QED) is 0.515. The molecule has 1 N–H and O–H groups in total. The van der Waals surface area contributed by atoms with Gasteiger partial charge in [0.05, 0.1) is 11.3 Å². The van der Waals surface area contributed by atoms with Gasteiger partial charge in [0.2, 0.25) is 0 Å². The van der Waals surface area contributed by atoms with Gasteiger partial charge in [0.1, 0.15) is 11.6 Å². The second-order valence-corrected chi connectivity index (χ2v) is 7.92. The number of alkyl halides is 3. The number of rotatable bonds is 6. The first kappa shape index (κ1) is 21.5. The summed E-state index contributed by atoms with van der Waals surface area (Å²) in [6.45, 7) is 1.80. The molecule has 2 aromatic rings. The Morgan fingerprint density at radius 1 is 1.16 bits per heavy atom. The van der Waals surface area contributed by atoms with E-state index in [1.165, 1.54) is 24.4 Å². The normalized spacial score (nSPS) is 17.4. The zero-order valence-corrected chi connectivity index (χ0v) is 16.8. The second-order valence-electron chi connectivity index (χ2n) is 7.92. The van der Waals surface area contributed by atoms with Gasteiger partial charge < -0.3 is 10.1 Å². The summed E-state index contributed by atoms with van der Waals surface area (Å²) in [5.41, 5.74) is 0.148. The molecule has 1 aromatic carbocycles. The van der Waals surface area contributed by atoms with Crippen LogP contribution in [0.15, 0.2) is 36.5 Å². The molecule has 0 atom stereocenters. The number of anilines is 2. The molecule has 1 aromatic heterocycles. The molecule has 1 amide bonds. The lowest BCUT2D eigenvalue weighted by atomic mass is 10.00. The minimum Gasteiger partial charge on any atom is -0.381 e. The largest absolute Gasteiger partial charge is 0.490 e. The molecular formula is C22H23F4N3O2. The van der Waals surface area contributed by atoms with Crippen LogP contribution in [-0.2, 0) is 4.74 Å². The Kier molecular flexibility index (Phi) is 6.13. The van der Waals surface area contributed by atoms with Crippen LogP contribution < -0.4 is 10.2 Å². The van der Waals surface area contributed by atoms with E-state index in [-0.39, 0.29) is 22.3 Å². The summed E-state index contributed by atoms with van der Waals surface area (Å²) in [6.07, 6.45) is -0.429. The Bertz CT molecular complexity index is 941. The molecule has 4 rings (SSSR count). The van der Waals surface area contributed by atoms with Crippen LogP contribution in [0.1, 0.15) is 47.5 Å². The Morgan fingerprint density at radius 3 is 2.52 bits per heavy atom. The molecule has 2 fully saturated rings. The highest BCUT2D eigenvalue weighted by Gasteiger charge is 2.42. The fraction of sp³-hybridized carbons (Fsp3) is 0.455. The number of benzene rings is 1. The topological polar surface area (TPSA) is 54.5 Å². The first-order chi connectivity index (χ1) is 14.8. The number of hydrogen-bond acceptors (Lipinski definition) is 4. The monoisotopic (exact) mass is 437 g/mol. The molecule has 1 saturated heterocycles. The SMILES string of the molecule is O=C(NCC1CCOCC1)c1cnc(N(c2ccccc2F)C(F)(F)F)cc1C1CC1. The van der Waals surface area contributed by atoms with Gasteiger partial charge in [-0.15, -0.1) is 13.2 Å². The highest BCUT2D eigenvalue weighted by atomic mass is 19.4. The Balaban J connectivity index is 1.62. The Labute approximate surface area is 177 Å². The molecule has 2 aliphatic rings. The number of nitrogens with zero attached hydrogens (tertiary/aromatic N) is 2. The van der Waals surface area contributed by atoms with Crippen molar-refractivity contribution in [3.63, 3.8) is 0 Å². The standard InChI is InChI=1S/C22H23F4N3O2/c23-18-3-1-2-4-19(18)29(22(24,25)26)20-11-16(15-5-6-15)17(13-27-20)21(30)28-12-14-7-9-31-10-8-14/h1-4,11,13-15H,5-10,12H2,(H,28,30). The average molecular weight is 437 g/mol. The molecule has 31 heavy (non-hydrogen) atoms. The van der Waals surface area contributed by atoms with Crippen molar-refractivity contribution < 1.29 is 27.1 Å². The van der Waals surface area contributed by atoms with Gasteiger partial charge >= 0.3 is 6.30 Å². The summed E-state index contributed by atoms with van der Waals surface area (Å²) in [5.74, 6) is -1.50. The highest BCUT2D eigenvalue weighted by molar-refractivity contribution is 5.96. The number of amides is 1. The summed E-state index contributed by atoms with van der Waals surface area (Å²) in [6, 6.07) is 5.93. The molecule has 0 unspecified atom stereocenters. The van der Waals surface area contributed by atoms with E-state index in [2.05, 4.69) is 10.3 Å². The number of para-hydroxylation sites is 1. The van der Waals surface area contributed by atoms with E-state index in [9.17, 15) is 22.4 Å². The van der Waals surface area contributed by atoms with E-state index in [1.54, 1.807) is 0 Å². The van der Waals surface area contributed by atoms with Crippen LogP contribution in [-0.4, -0.2) is 36.9 Å². The number of carbonyl (C=O) groups excluding carboxylic acids is 1. The molecule has 9 heteroatoms. The molecule has 0 spiro atoms. The van der Waals surface area contributed by atoms with Crippen LogP contribution >= 0.6 is 0 Å². The van der Waals surface area contributed by atoms with Crippen LogP contribution in [0.25, 0.3) is 0 Å². The number of halogens is 4. The van der Waals surface area contributed by atoms with Gasteiger partial charge in [0, 0.05) is 26.0 Å². The lowest BCUT2D eigenvalue weighted by Gasteiger charge is -2.27. The van der Waals surface area contributed by atoms with Crippen molar-refractivity contribution >= 4 is 17.4 Å². The molecule has 2 heterocycles. The number of pyridine rings is 1. The summed E-state index contributed by atoms with van der Waals surface area (Å²) >= 11 is 0. The maximum absolute atomic E-state index is 14.2. The smallest absolute Gasteiger partial charge is 0.381 e. The molecule has 1 aliphatic heterocycles. The predicted octanol–water partition coefficient (Wildman–Crippen LogP) is 4.91. The molecule has 5 nitrogen and oxygen atoms in total. The van der Waals surface area contributed by atoms with Crippen molar-refractivity contribution in [1.82, 2.24) is 10.3 Å². The van der Waals surface area contributed by atoms with E-state index < -0.39 is 23.6 Å². The van der Waals surface area contributed by atoms with Gasteiger partial charge in [-0.05, 0) is 61.3 Å². The number of ether oxygens (including phenoxy) is 1. The van der Waals surface area contributed by atoms with Crippen LogP contribution in [0.5, 0.6) is 0 Å². The van der Waals surface area contributed by atoms with Crippen LogP contribution in [0.3, 0.4) is 0 Å². The van der Waals surface area contributed by atoms with Crippen molar-refractivity contribution in [2.24, 2.45) is 5.92 Å². The molecule has 0 radical (unpaired) electrons. The van der Waals surface area contributed by atoms with E-state index >= 15 is 0 Å². The fourth-order valence-electron chi connectivity index (χ4n) is 3.81. The third-order valence-corrected chi connectivity index (χ3v) is 5.65. The van der Waals surface area contributed by atoms with Gasteiger partial charge in [-0.1, -0.05) is 12.1 Å². The van der Waals surface area contributed by atoms with E-state index in [1.807, 2.05) is 0 Å². The molecule has 0 bridgehead atoms. The highest BCUT2D eigenvalue weighted by Crippen LogP contribution is 2.44. The lowest BCUT2D eigenvalue weighted by Crippen LogP contribution is -2.35. The Morgan fingerprint density at radius 2 is 1.87 bits per heavy atom. The number of aromatic nitrogens is 1. The maximum Gasteiger partial charge on any atom is 0.490 e. The van der Waals surface area contributed by atoms with Gasteiger partial charge in [0.15, 0.2) is 0 Å². The number of carbonyl (C=O) groups is 1. The van der Waals surface area contributed by atoms with Crippen molar-refractivity contribution in [3.05, 3.63) is 53.5 Å². The first-order valence-corrected chi connectivity index (χ1v) is 10.3. The second kappa shape index (κ2) is 8.82. The third kappa shape index (κ3) is 4.98. The van der Waals surface area contributed by atoms with Crippen LogP contribution in [0.4, 0.5) is 29.1 Å². The number of nitrogens with one attached hydrogen (secondary N) is 1. The molecule has 166 valence electrons. The summed E-state index contributed by atoms with van der Waals surface area (Å²) < 4.78 is 61.0. The van der Waals surface area contributed by atoms with Gasteiger partial charge in [-0.2, -0.15) is 0 Å². The van der Waals surface area contributed by atoms with Crippen molar-refractivity contribution in [1.29, 1.82) is 0 Å². The zero-order valence-electron chi connectivity index (χ0n) is 16.8. The van der Waals surface area contributed by atoms with E-state index in [0.29, 0.717) is 31.2 Å². The maximum atomic E-state index is 14.2. The van der Waals surface area contributed by atoms with Gasteiger partial charge in [-0.25, -0.2) is 14.3 Å². The average Bonchev–Trinajstić information content (AvgIpc) is 3.59. The minimum absolute atomic E-state index is 0.00119. The summed E-state index contributed by atoms with van der Waals surface area (Å²) in [4.78, 5) is 16.6. The lowest BCUT2D eigenvalue weighted by molar-refractivity contribution is -0.121. The van der Waals surface area contributed by atoms with Crippen LogP contribution in [0.2, 0.25) is 0 Å². The van der Waals surface area contributed by atoms with Crippen molar-refractivity contribution in [2.45, 2.75) is 37.9 Å². The van der Waals surface area contributed by atoms with Crippen LogP contribution in [0, 0.1) is 11.7 Å². The zero-order chi connectivity index (χ0) is 22.0. The molecule has 1 saturated carbocycles. The fourth-order valence-corrected chi connectivity index (χ4v) is 3.81.